The quantitative estimate of drug-likeness (QED) is 0.438. The van der Waals surface area contributed by atoms with Crippen LogP contribution in [-0.4, -0.2) is 183 Å². The summed E-state index contributed by atoms with van der Waals surface area (Å²) >= 11 is 0. The van der Waals surface area contributed by atoms with Crippen molar-refractivity contribution in [3.63, 3.8) is 0 Å². The van der Waals surface area contributed by atoms with Gasteiger partial charge in [-0.1, -0.05) is 6.07 Å². The average molecular weight is 361 g/mol. The van der Waals surface area contributed by atoms with Crippen molar-refractivity contribution in [1.29, 1.82) is 0 Å². The largest absolute Gasteiger partial charge is 0.478 e. The number of hydrogen-bond donors (Lipinski definition) is 3. The summed E-state index contributed by atoms with van der Waals surface area (Å²) in [5.41, 5.74) is -1.58. The molecule has 0 aromatic heterocycles. The van der Waals surface area contributed by atoms with E-state index in [1.165, 1.54) is 0 Å². The Kier molecular flexibility index (Phi) is 25.7. The van der Waals surface area contributed by atoms with Gasteiger partial charge in [0.15, 0.2) is 0 Å². The van der Waals surface area contributed by atoms with E-state index < -0.39 is 38.1 Å². The topological polar surface area (TPSA) is 129 Å². The van der Waals surface area contributed by atoms with E-state index in [1.54, 1.807) is 0 Å². The third-order valence-electron chi connectivity index (χ3n) is 1.73. The fourth-order valence-corrected chi connectivity index (χ4v) is 2.02. The first-order valence-electron chi connectivity index (χ1n) is 3.82. The molecule has 5 radical (unpaired) electrons. The molecular formula is C8H6Na5O7S. The zero-order valence-electron chi connectivity index (χ0n) is 12.6. The van der Waals surface area contributed by atoms with Crippen molar-refractivity contribution < 1.29 is 32.8 Å². The van der Waals surface area contributed by atoms with Crippen molar-refractivity contribution in [2.24, 2.45) is 0 Å². The third-order valence-corrected chi connectivity index (χ3v) is 2.69. The number of carbonyl (C=O) groups is 2. The number of hydrogen-bond acceptors (Lipinski definition) is 4. The maximum absolute atomic E-state index is 10.9. The fourth-order valence-electron chi connectivity index (χ4n) is 1.15. The Morgan fingerprint density at radius 2 is 1.10 bits per heavy atom. The second kappa shape index (κ2) is 15.3. The van der Waals surface area contributed by atoms with E-state index in [1.807, 2.05) is 0 Å². The summed E-state index contributed by atoms with van der Waals surface area (Å²) in [6, 6.07) is 2.84. The molecule has 1 rings (SSSR count). The van der Waals surface area contributed by atoms with Crippen LogP contribution in [0.25, 0.3) is 0 Å². The van der Waals surface area contributed by atoms with Gasteiger partial charge in [0.05, 0.1) is 11.1 Å². The van der Waals surface area contributed by atoms with E-state index in [0.29, 0.717) is 0 Å². The number of rotatable bonds is 3. The monoisotopic (exact) mass is 361 g/mol. The molecule has 0 fully saturated rings. The van der Waals surface area contributed by atoms with E-state index in [-0.39, 0.29) is 148 Å². The predicted molar refractivity (Wildman–Crippen MR) is 78.9 cm³/mol. The maximum atomic E-state index is 10.9. The summed E-state index contributed by atoms with van der Waals surface area (Å²) in [4.78, 5) is 20.2. The van der Waals surface area contributed by atoms with Crippen LogP contribution in [0.5, 0.6) is 0 Å². The standard InChI is InChI=1S/C8H6O7S.5Na/c9-7(10)4-2-1-3-5(8(11)12)6(4)16(13,14)15;;;;;/h1-3H,(H,9,10)(H,11,12)(H,13,14,15);;;;;. The molecule has 3 N–H and O–H groups in total. The van der Waals surface area contributed by atoms with Gasteiger partial charge in [-0.15, -0.1) is 0 Å². The van der Waals surface area contributed by atoms with E-state index in [0.717, 1.165) is 18.2 Å². The molecule has 0 heterocycles. The Morgan fingerprint density at radius 3 is 1.29 bits per heavy atom. The number of carboxylic acids is 2. The number of aromatic carboxylic acids is 2. The van der Waals surface area contributed by atoms with Crippen LogP contribution in [0.1, 0.15) is 20.7 Å². The molecule has 0 amide bonds. The molecular weight excluding hydrogens is 355 g/mol. The van der Waals surface area contributed by atoms with Crippen molar-refractivity contribution in [3.05, 3.63) is 29.3 Å². The van der Waals surface area contributed by atoms with E-state index in [2.05, 4.69) is 0 Å². The summed E-state index contributed by atoms with van der Waals surface area (Å²) in [5.74, 6) is -3.29. The molecule has 0 unspecified atom stereocenters. The van der Waals surface area contributed by atoms with Gasteiger partial charge in [0.1, 0.15) is 4.90 Å². The number of carboxylic acid groups (broad SMARTS) is 2. The first-order valence-corrected chi connectivity index (χ1v) is 5.26. The second-order valence-electron chi connectivity index (χ2n) is 2.77. The van der Waals surface area contributed by atoms with Gasteiger partial charge in [-0.2, -0.15) is 8.42 Å². The van der Waals surface area contributed by atoms with E-state index in [9.17, 15) is 18.0 Å². The summed E-state index contributed by atoms with van der Waals surface area (Å²) < 4.78 is 30.6. The van der Waals surface area contributed by atoms with Gasteiger partial charge in [-0.25, -0.2) is 9.59 Å². The van der Waals surface area contributed by atoms with Gasteiger partial charge >= 0.3 is 11.9 Å². The zero-order chi connectivity index (χ0) is 12.5. The Bertz CT molecular complexity index is 542. The Labute approximate surface area is 232 Å². The van der Waals surface area contributed by atoms with Crippen LogP contribution in [0.2, 0.25) is 0 Å². The Morgan fingerprint density at radius 1 is 0.810 bits per heavy atom. The van der Waals surface area contributed by atoms with Crippen molar-refractivity contribution in [3.8, 4) is 0 Å². The van der Waals surface area contributed by atoms with Crippen molar-refractivity contribution >= 4 is 170 Å². The van der Waals surface area contributed by atoms with Crippen molar-refractivity contribution in [2.45, 2.75) is 4.90 Å². The van der Waals surface area contributed by atoms with Gasteiger partial charge in [-0.3, -0.25) is 4.55 Å². The summed E-state index contributed by atoms with van der Waals surface area (Å²) in [7, 11) is -4.92. The zero-order valence-corrected chi connectivity index (χ0v) is 23.4. The number of benzene rings is 1. The van der Waals surface area contributed by atoms with Gasteiger partial charge in [0.2, 0.25) is 0 Å². The van der Waals surface area contributed by atoms with Gasteiger partial charge in [0.25, 0.3) is 10.1 Å². The van der Waals surface area contributed by atoms with Crippen LogP contribution >= 0.6 is 0 Å². The van der Waals surface area contributed by atoms with Crippen molar-refractivity contribution in [1.82, 2.24) is 0 Å². The molecule has 0 saturated heterocycles. The minimum Gasteiger partial charge on any atom is -0.478 e. The van der Waals surface area contributed by atoms with Crippen LogP contribution < -0.4 is 0 Å². The van der Waals surface area contributed by atoms with Crippen LogP contribution in [-0.2, 0) is 10.1 Å². The van der Waals surface area contributed by atoms with Crippen LogP contribution in [0, 0.1) is 0 Å². The molecule has 0 bridgehead atoms. The second-order valence-corrected chi connectivity index (χ2v) is 4.13. The van der Waals surface area contributed by atoms with Crippen molar-refractivity contribution in [2.75, 3.05) is 0 Å². The van der Waals surface area contributed by atoms with Crippen LogP contribution in [0.4, 0.5) is 0 Å². The molecule has 0 aliphatic carbocycles. The predicted octanol–water partition coefficient (Wildman–Crippen LogP) is -1.57. The summed E-state index contributed by atoms with van der Waals surface area (Å²) in [6.07, 6.45) is 0. The average Bonchev–Trinajstić information content (AvgIpc) is 2.15. The molecule has 0 atom stereocenters. The van der Waals surface area contributed by atoms with Gasteiger partial charge in [-0.05, 0) is 12.1 Å². The van der Waals surface area contributed by atoms with Gasteiger partial charge < -0.3 is 10.2 Å². The molecule has 13 heteroatoms. The van der Waals surface area contributed by atoms with Crippen LogP contribution in [0.3, 0.4) is 0 Å². The SMILES string of the molecule is O=C(O)c1cccc(C(=O)O)c1S(=O)(=O)O.[Na].[Na].[Na].[Na].[Na]. The molecule has 0 spiro atoms. The van der Waals surface area contributed by atoms with E-state index >= 15 is 0 Å². The molecule has 91 valence electrons. The summed E-state index contributed by atoms with van der Waals surface area (Å²) in [5, 5.41) is 17.3. The first-order chi connectivity index (χ1) is 7.25. The van der Waals surface area contributed by atoms with E-state index in [4.69, 9.17) is 14.8 Å². The van der Waals surface area contributed by atoms with Crippen LogP contribution in [0.15, 0.2) is 23.1 Å². The molecule has 0 saturated carbocycles. The first kappa shape index (κ1) is 35.2. The molecule has 0 aliphatic rings. The molecule has 1 aromatic rings. The Balaban J connectivity index is -0.000000171. The minimum absolute atomic E-state index is 0. The van der Waals surface area contributed by atoms with Gasteiger partial charge in [0, 0.05) is 148 Å². The minimum atomic E-state index is -4.92. The fraction of sp³-hybridized carbons (Fsp3) is 0. The third kappa shape index (κ3) is 10.6. The molecule has 0 aliphatic heterocycles. The smallest absolute Gasteiger partial charge is 0.337 e. The molecule has 1 aromatic carbocycles. The summed E-state index contributed by atoms with van der Waals surface area (Å²) in [6.45, 7) is 0. The molecule has 7 nitrogen and oxygen atoms in total. The molecule has 21 heavy (non-hydrogen) atoms. The normalized spacial score (nSPS) is 8.43. The Hall–Kier alpha value is 3.07. The maximum Gasteiger partial charge on any atom is 0.337 e.